The highest BCUT2D eigenvalue weighted by molar-refractivity contribution is 5.86. The maximum atomic E-state index is 10.4. The van der Waals surface area contributed by atoms with Crippen molar-refractivity contribution < 1.29 is 10.3 Å². The highest BCUT2D eigenvalue weighted by Gasteiger charge is 2.54. The summed E-state index contributed by atoms with van der Waals surface area (Å²) in [5.41, 5.74) is 0.548. The van der Waals surface area contributed by atoms with Crippen molar-refractivity contribution in [1.82, 2.24) is 0 Å². The van der Waals surface area contributed by atoms with Crippen molar-refractivity contribution in [2.75, 3.05) is 0 Å². The largest absolute Gasteiger partial charge is 0.411 e. The van der Waals surface area contributed by atoms with Crippen LogP contribution in [0.5, 0.6) is 0 Å². The molecule has 2 N–H and O–H groups in total. The van der Waals surface area contributed by atoms with Crippen molar-refractivity contribution in [2.24, 2.45) is 28.3 Å². The first-order valence-electron chi connectivity index (χ1n) is 6.49. The first-order valence-corrected chi connectivity index (χ1v) is 6.49. The molecule has 0 aromatic rings. The van der Waals surface area contributed by atoms with Crippen LogP contribution in [-0.4, -0.2) is 22.1 Å². The van der Waals surface area contributed by atoms with E-state index in [0.29, 0.717) is 5.71 Å². The van der Waals surface area contributed by atoms with E-state index >= 15 is 0 Å². The third-order valence-corrected chi connectivity index (χ3v) is 5.22. The average molecular weight is 223 g/mol. The molecule has 4 rings (SSSR count). The van der Waals surface area contributed by atoms with Gasteiger partial charge in [-0.2, -0.15) is 0 Å². The lowest BCUT2D eigenvalue weighted by atomic mass is 9.48. The number of hydrogen-bond acceptors (Lipinski definition) is 3. The van der Waals surface area contributed by atoms with Crippen LogP contribution in [0, 0.1) is 23.2 Å². The molecular weight excluding hydrogens is 202 g/mol. The summed E-state index contributed by atoms with van der Waals surface area (Å²) in [5, 5.41) is 22.4. The highest BCUT2D eigenvalue weighted by atomic mass is 16.4. The number of aliphatic hydroxyl groups excluding tert-OH is 1. The van der Waals surface area contributed by atoms with Gasteiger partial charge < -0.3 is 10.3 Å². The van der Waals surface area contributed by atoms with E-state index in [-0.39, 0.29) is 5.41 Å². The molecule has 0 heterocycles. The van der Waals surface area contributed by atoms with E-state index in [0.717, 1.165) is 37.0 Å². The van der Waals surface area contributed by atoms with Crippen LogP contribution in [-0.2, 0) is 0 Å². The van der Waals surface area contributed by atoms with Crippen molar-refractivity contribution in [1.29, 1.82) is 0 Å². The van der Waals surface area contributed by atoms with Crippen LogP contribution in [0.25, 0.3) is 0 Å². The Labute approximate surface area is 96.5 Å². The molecule has 4 bridgehead atoms. The summed E-state index contributed by atoms with van der Waals surface area (Å²) in [4.78, 5) is 0. The van der Waals surface area contributed by atoms with Crippen molar-refractivity contribution >= 4 is 5.71 Å². The van der Waals surface area contributed by atoms with Gasteiger partial charge in [0.2, 0.25) is 0 Å². The molecule has 0 amide bonds. The molecule has 4 aliphatic carbocycles. The highest BCUT2D eigenvalue weighted by Crippen LogP contribution is 2.61. The molecule has 0 aliphatic heterocycles. The summed E-state index contributed by atoms with van der Waals surface area (Å²) in [6, 6.07) is 0. The van der Waals surface area contributed by atoms with Gasteiger partial charge in [0, 0.05) is 5.41 Å². The minimum atomic E-state index is -0.522. The number of aliphatic hydroxyl groups is 1. The Balaban J connectivity index is 1.88. The summed E-state index contributed by atoms with van der Waals surface area (Å²) in [5.74, 6) is 2.48. The molecule has 4 fully saturated rings. The molecule has 0 saturated heterocycles. The van der Waals surface area contributed by atoms with Gasteiger partial charge >= 0.3 is 0 Å². The molecule has 0 unspecified atom stereocenters. The predicted molar refractivity (Wildman–Crippen MR) is 61.5 cm³/mol. The summed E-state index contributed by atoms with van der Waals surface area (Å²) in [7, 11) is 0. The predicted octanol–water partition coefficient (Wildman–Crippen LogP) is 2.41. The molecule has 0 radical (unpaired) electrons. The second-order valence-electron chi connectivity index (χ2n) is 6.42. The fourth-order valence-corrected chi connectivity index (χ4v) is 5.01. The van der Waals surface area contributed by atoms with E-state index < -0.39 is 6.10 Å². The zero-order valence-electron chi connectivity index (χ0n) is 9.89. The van der Waals surface area contributed by atoms with Crippen molar-refractivity contribution in [3.63, 3.8) is 0 Å². The van der Waals surface area contributed by atoms with E-state index in [1.165, 1.54) is 19.3 Å². The first kappa shape index (κ1) is 10.6. The molecule has 4 saturated carbocycles. The SMILES string of the molecule is C/C(=N/O)[C@H](O)C12CC3CC(CC(C3)C1)C2. The lowest BCUT2D eigenvalue weighted by Gasteiger charge is -2.58. The van der Waals surface area contributed by atoms with Gasteiger partial charge in [-0.3, -0.25) is 0 Å². The summed E-state index contributed by atoms with van der Waals surface area (Å²) >= 11 is 0. The Morgan fingerprint density at radius 2 is 1.56 bits per heavy atom. The van der Waals surface area contributed by atoms with Crippen LogP contribution < -0.4 is 0 Å². The third-order valence-electron chi connectivity index (χ3n) is 5.22. The second kappa shape index (κ2) is 3.46. The van der Waals surface area contributed by atoms with Crippen LogP contribution in [0.4, 0.5) is 0 Å². The van der Waals surface area contributed by atoms with E-state index in [2.05, 4.69) is 5.16 Å². The molecule has 3 heteroatoms. The molecule has 3 nitrogen and oxygen atoms in total. The minimum absolute atomic E-state index is 0.0467. The number of nitrogens with zero attached hydrogens (tertiary/aromatic N) is 1. The summed E-state index contributed by atoms with van der Waals surface area (Å²) in [6.45, 7) is 1.74. The van der Waals surface area contributed by atoms with Gasteiger partial charge in [0.1, 0.15) is 6.10 Å². The standard InChI is InChI=1S/C13H21NO2/c1-8(14-16)12(15)13-5-9-2-10(6-13)4-11(3-9)7-13/h9-12,15-16H,2-7H2,1H3/b14-8-/t9?,10?,11?,12-,13?/m0/s1. The fraction of sp³-hybridized carbons (Fsp3) is 0.923. The van der Waals surface area contributed by atoms with Crippen LogP contribution in [0.2, 0.25) is 0 Å². The van der Waals surface area contributed by atoms with Crippen molar-refractivity contribution in [3.8, 4) is 0 Å². The third kappa shape index (κ3) is 1.41. The Kier molecular flexibility index (Phi) is 2.29. The zero-order valence-corrected chi connectivity index (χ0v) is 9.89. The van der Waals surface area contributed by atoms with Crippen molar-refractivity contribution in [2.45, 2.75) is 51.6 Å². The van der Waals surface area contributed by atoms with Gasteiger partial charge in [0.15, 0.2) is 0 Å². The maximum absolute atomic E-state index is 10.4. The summed E-state index contributed by atoms with van der Waals surface area (Å²) < 4.78 is 0. The monoisotopic (exact) mass is 223 g/mol. The molecule has 90 valence electrons. The molecule has 1 atom stereocenters. The lowest BCUT2D eigenvalue weighted by molar-refractivity contribution is -0.0987. The minimum Gasteiger partial charge on any atom is -0.411 e. The van der Waals surface area contributed by atoms with Gasteiger partial charge in [0.05, 0.1) is 5.71 Å². The van der Waals surface area contributed by atoms with Gasteiger partial charge in [-0.05, 0) is 63.2 Å². The second-order valence-corrected chi connectivity index (χ2v) is 6.42. The van der Waals surface area contributed by atoms with Crippen molar-refractivity contribution in [3.05, 3.63) is 0 Å². The smallest absolute Gasteiger partial charge is 0.101 e. The molecule has 4 aliphatic rings. The number of oxime groups is 1. The first-order chi connectivity index (χ1) is 7.63. The number of rotatable bonds is 2. The van der Waals surface area contributed by atoms with Gasteiger partial charge in [-0.15, -0.1) is 0 Å². The average Bonchev–Trinajstić information content (AvgIpc) is 2.25. The normalized spacial score (nSPS) is 48.4. The maximum Gasteiger partial charge on any atom is 0.101 e. The quantitative estimate of drug-likeness (QED) is 0.429. The molecule has 0 spiro atoms. The van der Waals surface area contributed by atoms with Gasteiger partial charge in [-0.25, -0.2) is 0 Å². The van der Waals surface area contributed by atoms with Gasteiger partial charge in [0.25, 0.3) is 0 Å². The lowest BCUT2D eigenvalue weighted by Crippen LogP contribution is -2.53. The molecule has 0 aromatic carbocycles. The Hall–Kier alpha value is -0.570. The van der Waals surface area contributed by atoms with Crippen LogP contribution in [0.1, 0.15) is 45.4 Å². The van der Waals surface area contributed by atoms with E-state index in [1.807, 2.05) is 0 Å². The van der Waals surface area contributed by atoms with Crippen LogP contribution >= 0.6 is 0 Å². The molecule has 0 aromatic heterocycles. The van der Waals surface area contributed by atoms with Crippen LogP contribution in [0.3, 0.4) is 0 Å². The Morgan fingerprint density at radius 3 is 1.94 bits per heavy atom. The van der Waals surface area contributed by atoms with Gasteiger partial charge in [-0.1, -0.05) is 5.16 Å². The fourth-order valence-electron chi connectivity index (χ4n) is 5.01. The van der Waals surface area contributed by atoms with E-state index in [1.54, 1.807) is 6.92 Å². The number of hydrogen-bond donors (Lipinski definition) is 2. The topological polar surface area (TPSA) is 52.8 Å². The van der Waals surface area contributed by atoms with E-state index in [9.17, 15) is 5.11 Å². The molecule has 16 heavy (non-hydrogen) atoms. The van der Waals surface area contributed by atoms with E-state index in [4.69, 9.17) is 5.21 Å². The Morgan fingerprint density at radius 1 is 1.12 bits per heavy atom. The molecular formula is C13H21NO2. The summed E-state index contributed by atoms with van der Waals surface area (Å²) in [6.07, 6.45) is 7.04. The zero-order chi connectivity index (χ0) is 11.3. The van der Waals surface area contributed by atoms with Crippen LogP contribution in [0.15, 0.2) is 5.16 Å². The Bertz CT molecular complexity index is 289.